The number of benzene rings is 1. The van der Waals surface area contributed by atoms with Crippen LogP contribution in [0.5, 0.6) is 0 Å². The molecule has 3 fully saturated rings. The van der Waals surface area contributed by atoms with Crippen LogP contribution in [-0.2, 0) is 4.79 Å². The maximum atomic E-state index is 13.0. The molecule has 3 heteroatoms. The van der Waals surface area contributed by atoms with Crippen LogP contribution in [0.15, 0.2) is 24.3 Å². The van der Waals surface area contributed by atoms with E-state index >= 15 is 0 Å². The fourth-order valence-corrected chi connectivity index (χ4v) is 4.14. The van der Waals surface area contributed by atoms with Gasteiger partial charge in [-0.1, -0.05) is 12.1 Å². The molecule has 3 aliphatic rings. The second kappa shape index (κ2) is 4.82. The number of anilines is 1. The van der Waals surface area contributed by atoms with Crippen LogP contribution in [0.25, 0.3) is 0 Å². The Morgan fingerprint density at radius 2 is 1.68 bits per heavy atom. The van der Waals surface area contributed by atoms with E-state index in [0.717, 1.165) is 50.3 Å². The highest BCUT2D eigenvalue weighted by atomic mass is 16.3. The first kappa shape index (κ1) is 14.3. The van der Waals surface area contributed by atoms with Gasteiger partial charge in [0.1, 0.15) is 0 Å². The van der Waals surface area contributed by atoms with E-state index in [2.05, 4.69) is 24.3 Å². The zero-order valence-electron chi connectivity index (χ0n) is 13.3. The van der Waals surface area contributed by atoms with Gasteiger partial charge in [0.25, 0.3) is 0 Å². The van der Waals surface area contributed by atoms with Crippen LogP contribution in [0.4, 0.5) is 5.69 Å². The van der Waals surface area contributed by atoms with Gasteiger partial charge in [-0.2, -0.15) is 0 Å². The van der Waals surface area contributed by atoms with Crippen LogP contribution >= 0.6 is 0 Å². The predicted molar refractivity (Wildman–Crippen MR) is 86.9 cm³/mol. The van der Waals surface area contributed by atoms with Gasteiger partial charge in [-0.05, 0) is 75.5 Å². The van der Waals surface area contributed by atoms with Crippen LogP contribution in [-0.4, -0.2) is 23.2 Å². The third kappa shape index (κ3) is 2.36. The van der Waals surface area contributed by atoms with Crippen LogP contribution < -0.4 is 4.90 Å². The van der Waals surface area contributed by atoms with Crippen molar-refractivity contribution in [2.75, 3.05) is 11.4 Å². The highest BCUT2D eigenvalue weighted by Gasteiger charge is 2.50. The second-order valence-corrected chi connectivity index (χ2v) is 7.85. The van der Waals surface area contributed by atoms with Crippen molar-refractivity contribution in [3.63, 3.8) is 0 Å². The maximum absolute atomic E-state index is 13.0. The molecule has 0 unspecified atom stereocenters. The third-order valence-corrected chi connectivity index (χ3v) is 6.05. The molecule has 0 bridgehead atoms. The molecule has 1 aliphatic heterocycles. The van der Waals surface area contributed by atoms with Crippen LogP contribution in [0.1, 0.15) is 63.4 Å². The van der Waals surface area contributed by atoms with Gasteiger partial charge in [-0.3, -0.25) is 4.79 Å². The van der Waals surface area contributed by atoms with E-state index in [4.69, 9.17) is 0 Å². The summed E-state index contributed by atoms with van der Waals surface area (Å²) in [6.45, 7) is 2.72. The monoisotopic (exact) mass is 299 g/mol. The predicted octanol–water partition coefficient (Wildman–Crippen LogP) is 3.61. The molecule has 118 valence electrons. The molecule has 1 amide bonds. The molecule has 0 aromatic heterocycles. The number of rotatable bonds is 2. The van der Waals surface area contributed by atoms with Crippen molar-refractivity contribution in [1.29, 1.82) is 0 Å². The number of carbonyl (C=O) groups is 1. The summed E-state index contributed by atoms with van der Waals surface area (Å²) in [6, 6.07) is 8.61. The summed E-state index contributed by atoms with van der Waals surface area (Å²) in [7, 11) is 0. The normalized spacial score (nSPS) is 35.4. The lowest BCUT2D eigenvalue weighted by Crippen LogP contribution is -2.42. The highest BCUT2D eigenvalue weighted by molar-refractivity contribution is 6.00. The fraction of sp³-hybridized carbons (Fsp3) is 0.632. The van der Waals surface area contributed by atoms with Gasteiger partial charge >= 0.3 is 0 Å². The average molecular weight is 299 g/mol. The first-order chi connectivity index (χ1) is 10.5. The Hall–Kier alpha value is -1.35. The van der Waals surface area contributed by atoms with E-state index in [0.29, 0.717) is 0 Å². The smallest absolute Gasteiger partial charge is 0.233 e. The Morgan fingerprint density at radius 3 is 2.27 bits per heavy atom. The number of amides is 1. The van der Waals surface area contributed by atoms with Crippen LogP contribution in [0, 0.1) is 5.41 Å². The Labute approximate surface area is 132 Å². The van der Waals surface area contributed by atoms with Gasteiger partial charge in [0.15, 0.2) is 0 Å². The molecule has 22 heavy (non-hydrogen) atoms. The summed E-state index contributed by atoms with van der Waals surface area (Å²) in [4.78, 5) is 14.9. The summed E-state index contributed by atoms with van der Waals surface area (Å²) in [6.07, 6.45) is 6.70. The van der Waals surface area contributed by atoms with E-state index in [1.54, 1.807) is 0 Å². The van der Waals surface area contributed by atoms with Crippen molar-refractivity contribution >= 4 is 11.6 Å². The summed E-state index contributed by atoms with van der Waals surface area (Å²) < 4.78 is 0. The van der Waals surface area contributed by atoms with Crippen LogP contribution in [0.3, 0.4) is 0 Å². The number of hydrogen-bond donors (Lipinski definition) is 1. The molecule has 1 saturated heterocycles. The van der Waals surface area contributed by atoms with Gasteiger partial charge in [-0.25, -0.2) is 0 Å². The Kier molecular flexibility index (Phi) is 3.12. The summed E-state index contributed by atoms with van der Waals surface area (Å²) in [5, 5.41) is 10.2. The van der Waals surface area contributed by atoms with E-state index in [9.17, 15) is 9.90 Å². The van der Waals surface area contributed by atoms with E-state index < -0.39 is 5.60 Å². The molecule has 2 saturated carbocycles. The average Bonchev–Trinajstić information content (AvgIpc) is 3.30. The number of aliphatic hydroxyl groups is 1. The van der Waals surface area contributed by atoms with E-state index in [1.165, 1.54) is 18.4 Å². The van der Waals surface area contributed by atoms with E-state index in [1.807, 2.05) is 11.8 Å². The molecule has 0 atom stereocenters. The first-order valence-electron chi connectivity index (χ1n) is 8.64. The maximum Gasteiger partial charge on any atom is 0.233 e. The summed E-state index contributed by atoms with van der Waals surface area (Å²) in [5.74, 6) is 1.04. The zero-order valence-corrected chi connectivity index (χ0v) is 13.3. The lowest BCUT2D eigenvalue weighted by Gasteiger charge is -2.39. The van der Waals surface area contributed by atoms with Crippen molar-refractivity contribution in [3.05, 3.63) is 29.8 Å². The van der Waals surface area contributed by atoms with Gasteiger partial charge in [0, 0.05) is 12.2 Å². The molecule has 1 heterocycles. The summed E-state index contributed by atoms with van der Waals surface area (Å²) in [5.41, 5.74) is 1.67. The standard InChI is InChI=1S/C19H25NO2/c1-18(22)8-10-19(11-9-18)12-13-20(17(19)21)16-6-4-15(5-7-16)14-2-3-14/h4-7,14,22H,2-3,8-13H2,1H3/t18-,19+. The minimum atomic E-state index is -0.579. The van der Waals surface area contributed by atoms with Gasteiger partial charge in [0.05, 0.1) is 11.0 Å². The minimum absolute atomic E-state index is 0.211. The number of hydrogen-bond acceptors (Lipinski definition) is 2. The Balaban J connectivity index is 1.51. The van der Waals surface area contributed by atoms with Crippen molar-refractivity contribution in [2.24, 2.45) is 5.41 Å². The topological polar surface area (TPSA) is 40.5 Å². The van der Waals surface area contributed by atoms with Gasteiger partial charge in [0.2, 0.25) is 5.91 Å². The molecule has 1 spiro atoms. The Morgan fingerprint density at radius 1 is 1.05 bits per heavy atom. The summed E-state index contributed by atoms with van der Waals surface area (Å²) >= 11 is 0. The van der Waals surface area contributed by atoms with Crippen molar-refractivity contribution < 1.29 is 9.90 Å². The zero-order chi connectivity index (χ0) is 15.4. The largest absolute Gasteiger partial charge is 0.390 e. The first-order valence-corrected chi connectivity index (χ1v) is 8.64. The van der Waals surface area contributed by atoms with Gasteiger partial charge < -0.3 is 10.0 Å². The van der Waals surface area contributed by atoms with Crippen molar-refractivity contribution in [2.45, 2.75) is 63.4 Å². The van der Waals surface area contributed by atoms with Crippen molar-refractivity contribution in [1.82, 2.24) is 0 Å². The van der Waals surface area contributed by atoms with Crippen molar-refractivity contribution in [3.8, 4) is 0 Å². The Bertz CT molecular complexity index is 576. The minimum Gasteiger partial charge on any atom is -0.390 e. The second-order valence-electron chi connectivity index (χ2n) is 7.85. The third-order valence-electron chi connectivity index (χ3n) is 6.05. The molecule has 3 nitrogen and oxygen atoms in total. The SMILES string of the molecule is C[C@]1(O)CC[C@]2(CCN(c3ccc(C4CC4)cc3)C2=O)CC1. The van der Waals surface area contributed by atoms with Gasteiger partial charge in [-0.15, -0.1) is 0 Å². The molecule has 1 N–H and O–H groups in total. The molecule has 1 aromatic carbocycles. The highest BCUT2D eigenvalue weighted by Crippen LogP contribution is 2.48. The molecule has 4 rings (SSSR count). The molecule has 1 aromatic rings. The van der Waals surface area contributed by atoms with E-state index in [-0.39, 0.29) is 11.3 Å². The number of carbonyl (C=O) groups excluding carboxylic acids is 1. The molecular formula is C19H25NO2. The van der Waals surface area contributed by atoms with Crippen LogP contribution in [0.2, 0.25) is 0 Å². The lowest BCUT2D eigenvalue weighted by atomic mass is 9.68. The quantitative estimate of drug-likeness (QED) is 0.906. The molecule has 2 aliphatic carbocycles. The molecule has 0 radical (unpaired) electrons. The molecular weight excluding hydrogens is 274 g/mol. The number of nitrogens with zero attached hydrogens (tertiary/aromatic N) is 1. The fourth-order valence-electron chi connectivity index (χ4n) is 4.14. The lowest BCUT2D eigenvalue weighted by molar-refractivity contribution is -0.130.